The van der Waals surface area contributed by atoms with Crippen LogP contribution in [0, 0.1) is 23.4 Å². The summed E-state index contributed by atoms with van der Waals surface area (Å²) in [4.78, 5) is 0. The Labute approximate surface area is 243 Å². The molecule has 0 N–H and O–H groups in total. The van der Waals surface area contributed by atoms with E-state index in [1.54, 1.807) is 24.3 Å². The number of rotatable bonds is 14. The molecule has 0 aromatic heterocycles. The lowest BCUT2D eigenvalue weighted by atomic mass is 9.98. The van der Waals surface area contributed by atoms with Gasteiger partial charge in [0.05, 0.1) is 25.4 Å². The average molecular weight is 593 g/mol. The zero-order chi connectivity index (χ0) is 30.1. The van der Waals surface area contributed by atoms with E-state index >= 15 is 0 Å². The van der Waals surface area contributed by atoms with Crippen LogP contribution >= 0.6 is 0 Å². The van der Waals surface area contributed by atoms with Gasteiger partial charge in [-0.15, -0.1) is 0 Å². The standard InChI is InChI=1S/C33H37F5O4/c1-3-5-7-9-22-20-40-32(41-21-22)42-33(37,38)27-16-14-25(19-28(27)34)23-10-12-24(13-11-23)26-15-17-29(31(36)30(26)35)39-18-8-6-4-2/h10-17,19,22,32H,3-9,18,20-21H2,1-2H3. The van der Waals surface area contributed by atoms with Crippen LogP contribution in [0.1, 0.15) is 64.4 Å². The van der Waals surface area contributed by atoms with Crippen LogP contribution in [0.15, 0.2) is 54.6 Å². The van der Waals surface area contributed by atoms with Gasteiger partial charge in [-0.25, -0.2) is 8.78 Å². The van der Waals surface area contributed by atoms with Gasteiger partial charge < -0.3 is 14.2 Å². The third-order valence-electron chi connectivity index (χ3n) is 7.26. The molecule has 42 heavy (non-hydrogen) atoms. The third-order valence-corrected chi connectivity index (χ3v) is 7.26. The Morgan fingerprint density at radius 3 is 2.07 bits per heavy atom. The van der Waals surface area contributed by atoms with E-state index in [9.17, 15) is 22.0 Å². The molecule has 4 rings (SSSR count). The van der Waals surface area contributed by atoms with Crippen LogP contribution in [0.2, 0.25) is 0 Å². The van der Waals surface area contributed by atoms with Gasteiger partial charge in [-0.2, -0.15) is 13.2 Å². The molecule has 0 saturated carbocycles. The molecule has 1 heterocycles. The molecule has 3 aromatic carbocycles. The molecule has 3 aromatic rings. The first-order valence-electron chi connectivity index (χ1n) is 14.5. The second-order valence-electron chi connectivity index (χ2n) is 10.5. The number of alkyl halides is 2. The first-order valence-corrected chi connectivity index (χ1v) is 14.5. The fraction of sp³-hybridized carbons (Fsp3) is 0.455. The van der Waals surface area contributed by atoms with Gasteiger partial charge in [-0.05, 0) is 53.8 Å². The topological polar surface area (TPSA) is 36.9 Å². The first kappa shape index (κ1) is 31.9. The van der Waals surface area contributed by atoms with Gasteiger partial charge in [0, 0.05) is 11.5 Å². The van der Waals surface area contributed by atoms with Crippen molar-refractivity contribution >= 4 is 0 Å². The second kappa shape index (κ2) is 14.9. The Morgan fingerprint density at radius 1 is 0.762 bits per heavy atom. The van der Waals surface area contributed by atoms with Crippen molar-refractivity contribution in [2.24, 2.45) is 5.92 Å². The fourth-order valence-corrected chi connectivity index (χ4v) is 4.80. The van der Waals surface area contributed by atoms with Crippen molar-refractivity contribution in [1.29, 1.82) is 0 Å². The van der Waals surface area contributed by atoms with Gasteiger partial charge >= 0.3 is 6.11 Å². The average Bonchev–Trinajstić information content (AvgIpc) is 2.98. The molecule has 0 amide bonds. The van der Waals surface area contributed by atoms with Gasteiger partial charge in [0.15, 0.2) is 11.6 Å². The maximum Gasteiger partial charge on any atom is 0.390 e. The first-order chi connectivity index (χ1) is 20.2. The molecule has 1 fully saturated rings. The Morgan fingerprint density at radius 2 is 1.40 bits per heavy atom. The van der Waals surface area contributed by atoms with Gasteiger partial charge in [0.25, 0.3) is 6.48 Å². The lowest BCUT2D eigenvalue weighted by Gasteiger charge is -2.31. The molecule has 9 heteroatoms. The molecule has 0 unspecified atom stereocenters. The number of unbranched alkanes of at least 4 members (excludes halogenated alkanes) is 4. The molecule has 4 nitrogen and oxygen atoms in total. The van der Waals surface area contributed by atoms with Crippen molar-refractivity contribution in [2.75, 3.05) is 19.8 Å². The van der Waals surface area contributed by atoms with Gasteiger partial charge in [-0.1, -0.05) is 76.3 Å². The highest BCUT2D eigenvalue weighted by Gasteiger charge is 2.41. The minimum atomic E-state index is -3.99. The van der Waals surface area contributed by atoms with Crippen LogP contribution in [0.3, 0.4) is 0 Å². The molecule has 0 radical (unpaired) electrons. The van der Waals surface area contributed by atoms with Crippen molar-refractivity contribution in [1.82, 2.24) is 0 Å². The zero-order valence-corrected chi connectivity index (χ0v) is 23.9. The fourth-order valence-electron chi connectivity index (χ4n) is 4.80. The van der Waals surface area contributed by atoms with Gasteiger partial charge in [-0.3, -0.25) is 4.74 Å². The van der Waals surface area contributed by atoms with Crippen LogP contribution in [0.4, 0.5) is 22.0 Å². The van der Waals surface area contributed by atoms with Crippen LogP contribution in [-0.4, -0.2) is 26.3 Å². The monoisotopic (exact) mass is 592 g/mol. The third kappa shape index (κ3) is 8.08. The summed E-state index contributed by atoms with van der Waals surface area (Å²) in [5, 5.41) is 0. The van der Waals surface area contributed by atoms with E-state index in [0.717, 1.165) is 57.1 Å². The van der Waals surface area contributed by atoms with E-state index in [1.165, 1.54) is 18.2 Å². The molecule has 0 spiro atoms. The van der Waals surface area contributed by atoms with Crippen LogP contribution in [0.25, 0.3) is 22.3 Å². The summed E-state index contributed by atoms with van der Waals surface area (Å²) in [6.07, 6.45) is 2.71. The minimum Gasteiger partial charge on any atom is -0.490 e. The molecule has 1 aliphatic rings. The highest BCUT2D eigenvalue weighted by atomic mass is 19.3. The van der Waals surface area contributed by atoms with Gasteiger partial charge in [0.1, 0.15) is 5.82 Å². The smallest absolute Gasteiger partial charge is 0.390 e. The number of halogens is 5. The summed E-state index contributed by atoms with van der Waals surface area (Å²) >= 11 is 0. The predicted molar refractivity (Wildman–Crippen MR) is 151 cm³/mol. The summed E-state index contributed by atoms with van der Waals surface area (Å²) < 4.78 is 94.6. The molecule has 1 aliphatic heterocycles. The van der Waals surface area contributed by atoms with E-state index in [4.69, 9.17) is 18.9 Å². The number of benzene rings is 3. The highest BCUT2D eigenvalue weighted by molar-refractivity contribution is 5.71. The van der Waals surface area contributed by atoms with E-state index in [1.807, 2.05) is 6.92 Å². The van der Waals surface area contributed by atoms with E-state index in [0.29, 0.717) is 23.3 Å². The van der Waals surface area contributed by atoms with Crippen molar-refractivity contribution in [3.05, 3.63) is 77.6 Å². The summed E-state index contributed by atoms with van der Waals surface area (Å²) in [6, 6.07) is 12.3. The molecule has 0 bridgehead atoms. The van der Waals surface area contributed by atoms with Crippen molar-refractivity contribution in [2.45, 2.75) is 71.4 Å². The Balaban J connectivity index is 1.40. The van der Waals surface area contributed by atoms with Crippen LogP contribution in [-0.2, 0) is 20.3 Å². The normalized spacial score (nSPS) is 17.4. The summed E-state index contributed by atoms with van der Waals surface area (Å²) in [5.41, 5.74) is 0.302. The Hall–Kier alpha value is -3.01. The molecule has 0 aliphatic carbocycles. The van der Waals surface area contributed by atoms with E-state index in [-0.39, 0.29) is 30.4 Å². The minimum absolute atomic E-state index is 0.0395. The summed E-state index contributed by atoms with van der Waals surface area (Å²) in [5.74, 6) is -3.31. The second-order valence-corrected chi connectivity index (χ2v) is 10.5. The summed E-state index contributed by atoms with van der Waals surface area (Å²) in [6.45, 7) is 3.30. The molecular formula is C33H37F5O4. The molecule has 228 valence electrons. The highest BCUT2D eigenvalue weighted by Crippen LogP contribution is 2.37. The quantitative estimate of drug-likeness (QED) is 0.138. The molecule has 0 atom stereocenters. The number of hydrogen-bond acceptors (Lipinski definition) is 4. The summed E-state index contributed by atoms with van der Waals surface area (Å²) in [7, 11) is 0. The predicted octanol–water partition coefficient (Wildman–Crippen LogP) is 9.60. The zero-order valence-electron chi connectivity index (χ0n) is 23.9. The van der Waals surface area contributed by atoms with Crippen molar-refractivity contribution < 1.29 is 40.9 Å². The largest absolute Gasteiger partial charge is 0.490 e. The van der Waals surface area contributed by atoms with Crippen LogP contribution in [0.5, 0.6) is 5.75 Å². The van der Waals surface area contributed by atoms with Crippen LogP contribution < -0.4 is 4.74 Å². The maximum absolute atomic E-state index is 14.9. The van der Waals surface area contributed by atoms with Crippen molar-refractivity contribution in [3.8, 4) is 28.0 Å². The number of ether oxygens (including phenoxy) is 4. The lowest BCUT2D eigenvalue weighted by Crippen LogP contribution is -2.38. The van der Waals surface area contributed by atoms with Gasteiger partial charge in [0.2, 0.25) is 5.82 Å². The Kier molecular flexibility index (Phi) is 11.4. The van der Waals surface area contributed by atoms with E-state index in [2.05, 4.69) is 6.92 Å². The van der Waals surface area contributed by atoms with E-state index < -0.39 is 35.6 Å². The number of hydrogen-bond donors (Lipinski definition) is 0. The SMILES string of the molecule is CCCCCOc1ccc(-c2ccc(-c3ccc(C(F)(F)OC4OCC(CCCCC)CO4)c(F)c3)cc2)c(F)c1F. The molecular weight excluding hydrogens is 555 g/mol. The Bertz CT molecular complexity index is 1290. The van der Waals surface area contributed by atoms with Crippen molar-refractivity contribution in [3.63, 3.8) is 0 Å². The maximum atomic E-state index is 14.9. The molecule has 1 saturated heterocycles. The lowest BCUT2D eigenvalue weighted by molar-refractivity contribution is -0.412.